The first-order chi connectivity index (χ1) is 13.1. The first kappa shape index (κ1) is 17.7. The average molecular weight is 431 g/mol. The van der Waals surface area contributed by atoms with Gasteiger partial charge in [-0.25, -0.2) is 19.7 Å². The topological polar surface area (TPSA) is 104 Å². The first-order valence-electron chi connectivity index (χ1n) is 8.81. The van der Waals surface area contributed by atoms with E-state index in [1.807, 2.05) is 28.8 Å². The van der Waals surface area contributed by atoms with E-state index in [1.165, 1.54) is 0 Å². The molecule has 0 radical (unpaired) electrons. The molecule has 0 unspecified atom stereocenters. The normalized spacial score (nSPS) is 19.7. The summed E-state index contributed by atoms with van der Waals surface area (Å²) in [5.74, 6) is 0.730. The molecule has 1 amide bonds. The third kappa shape index (κ3) is 3.87. The van der Waals surface area contributed by atoms with Crippen LogP contribution in [0.3, 0.4) is 0 Å². The van der Waals surface area contributed by atoms with Crippen LogP contribution in [0.15, 0.2) is 41.4 Å². The maximum atomic E-state index is 10.8. The second-order valence-electron chi connectivity index (χ2n) is 6.60. The van der Waals surface area contributed by atoms with Gasteiger partial charge in [-0.3, -0.25) is 4.40 Å². The summed E-state index contributed by atoms with van der Waals surface area (Å²) in [6.45, 7) is 0. The Morgan fingerprint density at radius 1 is 1.19 bits per heavy atom. The van der Waals surface area contributed by atoms with Crippen LogP contribution in [-0.4, -0.2) is 42.6 Å². The second-order valence-corrected chi connectivity index (χ2v) is 7.41. The van der Waals surface area contributed by atoms with Crippen molar-refractivity contribution in [2.45, 2.75) is 37.8 Å². The maximum Gasteiger partial charge on any atom is 0.404 e. The van der Waals surface area contributed by atoms with Gasteiger partial charge in [-0.2, -0.15) is 0 Å². The summed E-state index contributed by atoms with van der Waals surface area (Å²) >= 11 is 3.40. The second kappa shape index (κ2) is 7.51. The standard InChI is InChI=1S/C18H19BrN6O2/c19-15-3-1-2-13(24-15)14-10-21-17-16(20-8-9-25(14)17)22-11-4-6-12(7-5-11)23-18(26)27/h1-3,8-12,23H,4-7H2,(H,20,22)(H,26,27). The van der Waals surface area contributed by atoms with E-state index in [1.54, 1.807) is 12.4 Å². The minimum Gasteiger partial charge on any atom is -0.465 e. The van der Waals surface area contributed by atoms with Crippen molar-refractivity contribution in [1.29, 1.82) is 0 Å². The van der Waals surface area contributed by atoms with E-state index in [0.29, 0.717) is 0 Å². The SMILES string of the molecule is O=C(O)NC1CCC(Nc2nccn3c(-c4cccc(Br)n4)cnc23)CC1. The Kier molecular flexibility index (Phi) is 4.93. The minimum absolute atomic E-state index is 0.0323. The van der Waals surface area contributed by atoms with Crippen molar-refractivity contribution < 1.29 is 9.90 Å². The van der Waals surface area contributed by atoms with Crippen LogP contribution in [-0.2, 0) is 0 Å². The molecule has 1 aliphatic carbocycles. The number of nitrogens with one attached hydrogen (secondary N) is 2. The summed E-state index contributed by atoms with van der Waals surface area (Å²) in [5.41, 5.74) is 2.47. The van der Waals surface area contributed by atoms with Crippen molar-refractivity contribution in [3.8, 4) is 11.4 Å². The highest BCUT2D eigenvalue weighted by Crippen LogP contribution is 2.26. The summed E-state index contributed by atoms with van der Waals surface area (Å²) in [6, 6.07) is 6.05. The Morgan fingerprint density at radius 2 is 1.96 bits per heavy atom. The molecule has 0 saturated heterocycles. The van der Waals surface area contributed by atoms with E-state index < -0.39 is 6.09 Å². The van der Waals surface area contributed by atoms with Crippen molar-refractivity contribution in [3.05, 3.63) is 41.4 Å². The number of nitrogens with zero attached hydrogens (tertiary/aromatic N) is 4. The molecule has 0 spiro atoms. The molecule has 3 aromatic rings. The Hall–Kier alpha value is -2.68. The lowest BCUT2D eigenvalue weighted by atomic mass is 9.91. The summed E-state index contributed by atoms with van der Waals surface area (Å²) in [7, 11) is 0. The number of pyridine rings is 1. The van der Waals surface area contributed by atoms with Crippen molar-refractivity contribution in [1.82, 2.24) is 24.7 Å². The average Bonchev–Trinajstić information content (AvgIpc) is 3.08. The molecule has 3 aromatic heterocycles. The van der Waals surface area contributed by atoms with Gasteiger partial charge in [0.15, 0.2) is 11.5 Å². The zero-order chi connectivity index (χ0) is 18.8. The van der Waals surface area contributed by atoms with Gasteiger partial charge in [0, 0.05) is 24.5 Å². The van der Waals surface area contributed by atoms with Gasteiger partial charge in [0.2, 0.25) is 0 Å². The molecule has 1 saturated carbocycles. The van der Waals surface area contributed by atoms with Crippen LogP contribution in [0, 0.1) is 0 Å². The van der Waals surface area contributed by atoms with Gasteiger partial charge in [0.1, 0.15) is 4.60 Å². The monoisotopic (exact) mass is 430 g/mol. The summed E-state index contributed by atoms with van der Waals surface area (Å²) in [5, 5.41) is 14.9. The van der Waals surface area contributed by atoms with Crippen molar-refractivity contribution in [2.75, 3.05) is 5.32 Å². The van der Waals surface area contributed by atoms with Crippen LogP contribution in [0.1, 0.15) is 25.7 Å². The van der Waals surface area contributed by atoms with Crippen LogP contribution in [0.25, 0.3) is 17.0 Å². The van der Waals surface area contributed by atoms with Crippen LogP contribution in [0.5, 0.6) is 0 Å². The van der Waals surface area contributed by atoms with E-state index in [0.717, 1.165) is 53.1 Å². The van der Waals surface area contributed by atoms with Crippen molar-refractivity contribution in [2.24, 2.45) is 0 Å². The van der Waals surface area contributed by atoms with E-state index in [9.17, 15) is 4.79 Å². The lowest BCUT2D eigenvalue weighted by Gasteiger charge is -2.29. The zero-order valence-corrected chi connectivity index (χ0v) is 16.1. The number of imidazole rings is 1. The fourth-order valence-corrected chi connectivity index (χ4v) is 3.86. The molecule has 0 bridgehead atoms. The Morgan fingerprint density at radius 3 is 2.70 bits per heavy atom. The number of fused-ring (bicyclic) bond motifs is 1. The van der Waals surface area contributed by atoms with Crippen LogP contribution in [0.4, 0.5) is 10.6 Å². The molecule has 3 heterocycles. The third-order valence-corrected chi connectivity index (χ3v) is 5.24. The Bertz CT molecular complexity index is 967. The molecule has 1 fully saturated rings. The molecule has 9 heteroatoms. The Labute approximate surface area is 164 Å². The molecule has 3 N–H and O–H groups in total. The van der Waals surface area contributed by atoms with Gasteiger partial charge < -0.3 is 15.7 Å². The van der Waals surface area contributed by atoms with Gasteiger partial charge in [0.25, 0.3) is 0 Å². The largest absolute Gasteiger partial charge is 0.465 e. The first-order valence-corrected chi connectivity index (χ1v) is 9.60. The molecule has 4 rings (SSSR count). The lowest BCUT2D eigenvalue weighted by molar-refractivity contribution is 0.185. The summed E-state index contributed by atoms with van der Waals surface area (Å²) in [4.78, 5) is 24.3. The number of halogens is 1. The van der Waals surface area contributed by atoms with E-state index in [2.05, 4.69) is 41.5 Å². The molecule has 0 aromatic carbocycles. The molecule has 8 nitrogen and oxygen atoms in total. The van der Waals surface area contributed by atoms with E-state index in [-0.39, 0.29) is 12.1 Å². The highest BCUT2D eigenvalue weighted by Gasteiger charge is 2.23. The number of hydrogen-bond acceptors (Lipinski definition) is 5. The van der Waals surface area contributed by atoms with Gasteiger partial charge in [-0.05, 0) is 53.7 Å². The number of carbonyl (C=O) groups is 1. The van der Waals surface area contributed by atoms with Crippen molar-refractivity contribution in [3.63, 3.8) is 0 Å². The van der Waals surface area contributed by atoms with Crippen LogP contribution < -0.4 is 10.6 Å². The zero-order valence-electron chi connectivity index (χ0n) is 14.5. The maximum absolute atomic E-state index is 10.8. The number of carboxylic acid groups (broad SMARTS) is 1. The van der Waals surface area contributed by atoms with Gasteiger partial charge in [0.05, 0.1) is 17.6 Å². The molecule has 0 aliphatic heterocycles. The van der Waals surface area contributed by atoms with Crippen molar-refractivity contribution >= 4 is 33.5 Å². The summed E-state index contributed by atoms with van der Waals surface area (Å²) < 4.78 is 2.75. The van der Waals surface area contributed by atoms with Gasteiger partial charge >= 0.3 is 6.09 Å². The van der Waals surface area contributed by atoms with Gasteiger partial charge in [-0.1, -0.05) is 6.07 Å². The van der Waals surface area contributed by atoms with E-state index >= 15 is 0 Å². The molecule has 27 heavy (non-hydrogen) atoms. The lowest BCUT2D eigenvalue weighted by Crippen LogP contribution is -2.39. The fraction of sp³-hybridized carbons (Fsp3) is 0.333. The molecule has 140 valence electrons. The number of hydrogen-bond donors (Lipinski definition) is 3. The molecular formula is C18H19BrN6O2. The highest BCUT2D eigenvalue weighted by atomic mass is 79.9. The predicted octanol–water partition coefficient (Wildman–Crippen LogP) is 3.54. The number of amides is 1. The van der Waals surface area contributed by atoms with Crippen LogP contribution >= 0.6 is 15.9 Å². The minimum atomic E-state index is -0.955. The molecule has 0 atom stereocenters. The highest BCUT2D eigenvalue weighted by molar-refractivity contribution is 9.10. The number of aromatic nitrogens is 4. The van der Waals surface area contributed by atoms with E-state index in [4.69, 9.17) is 5.11 Å². The summed E-state index contributed by atoms with van der Waals surface area (Å²) in [6.07, 6.45) is 7.86. The quantitative estimate of drug-likeness (QED) is 0.546. The van der Waals surface area contributed by atoms with Crippen LogP contribution in [0.2, 0.25) is 0 Å². The number of rotatable bonds is 4. The smallest absolute Gasteiger partial charge is 0.404 e. The predicted molar refractivity (Wildman–Crippen MR) is 105 cm³/mol. The molecule has 1 aliphatic rings. The number of anilines is 1. The molecular weight excluding hydrogens is 412 g/mol. The third-order valence-electron chi connectivity index (χ3n) is 4.80. The Balaban J connectivity index is 1.53. The fourth-order valence-electron chi connectivity index (χ4n) is 3.51. The van der Waals surface area contributed by atoms with Gasteiger partial charge in [-0.15, -0.1) is 0 Å².